The first-order valence-electron chi connectivity index (χ1n) is 4.05. The summed E-state index contributed by atoms with van der Waals surface area (Å²) in [7, 11) is 0. The number of carbonyl (C=O) groups excluding carboxylic acids is 1. The smallest absolute Gasteiger partial charge is 0.256 e. The van der Waals surface area contributed by atoms with Crippen LogP contribution in [0.5, 0.6) is 0 Å². The molecule has 1 fully saturated rings. The van der Waals surface area contributed by atoms with Crippen molar-refractivity contribution in [2.45, 2.75) is 12.8 Å². The molecule has 68 valence electrons. The lowest BCUT2D eigenvalue weighted by atomic mass is 10.4. The first-order valence-corrected chi connectivity index (χ1v) is 4.05. The molecular weight excluding hydrogens is 173 g/mol. The Kier molecular flexibility index (Phi) is 1.92. The molecule has 4 nitrogen and oxygen atoms in total. The number of rotatable bonds is 2. The van der Waals surface area contributed by atoms with E-state index in [9.17, 15) is 9.18 Å². The molecule has 1 aliphatic carbocycles. The minimum atomic E-state index is -0.739. The van der Waals surface area contributed by atoms with Gasteiger partial charge in [-0.05, 0) is 12.8 Å². The predicted octanol–water partition coefficient (Wildman–Crippen LogP) is 0.964. The number of nitrogens with one attached hydrogen (secondary N) is 1. The number of amides is 1. The summed E-state index contributed by atoms with van der Waals surface area (Å²) in [6.07, 6.45) is 4.34. The summed E-state index contributed by atoms with van der Waals surface area (Å²) < 4.78 is 12.8. The number of aromatic nitrogens is 2. The summed E-state index contributed by atoms with van der Waals surface area (Å²) in [4.78, 5) is 18.2. The maximum absolute atomic E-state index is 12.8. The van der Waals surface area contributed by atoms with E-state index in [2.05, 4.69) is 15.3 Å². The van der Waals surface area contributed by atoms with Crippen molar-refractivity contribution in [1.82, 2.24) is 9.97 Å². The maximum Gasteiger partial charge on any atom is 0.256 e. The second-order valence-corrected chi connectivity index (χ2v) is 2.96. The highest BCUT2D eigenvalue weighted by Gasteiger charge is 2.30. The summed E-state index contributed by atoms with van der Waals surface area (Å²) in [6, 6.07) is 0. The van der Waals surface area contributed by atoms with Crippen LogP contribution in [0.2, 0.25) is 0 Å². The highest BCUT2D eigenvalue weighted by molar-refractivity contribution is 5.93. The summed E-state index contributed by atoms with van der Waals surface area (Å²) >= 11 is 0. The van der Waals surface area contributed by atoms with Crippen molar-refractivity contribution in [3.05, 3.63) is 18.3 Å². The van der Waals surface area contributed by atoms with Gasteiger partial charge in [0.2, 0.25) is 5.91 Å². The van der Waals surface area contributed by atoms with E-state index < -0.39 is 5.95 Å². The zero-order valence-corrected chi connectivity index (χ0v) is 6.83. The highest BCUT2D eigenvalue weighted by atomic mass is 19.1. The van der Waals surface area contributed by atoms with Crippen LogP contribution in [-0.4, -0.2) is 15.9 Å². The predicted molar refractivity (Wildman–Crippen MR) is 43.3 cm³/mol. The lowest BCUT2D eigenvalue weighted by molar-refractivity contribution is -0.117. The normalized spacial score (nSPS) is 15.5. The van der Waals surface area contributed by atoms with Gasteiger partial charge in [0.1, 0.15) is 0 Å². The van der Waals surface area contributed by atoms with E-state index in [4.69, 9.17) is 0 Å². The van der Waals surface area contributed by atoms with Crippen LogP contribution in [0.3, 0.4) is 0 Å². The van der Waals surface area contributed by atoms with Crippen LogP contribution in [0.25, 0.3) is 0 Å². The zero-order chi connectivity index (χ0) is 9.26. The van der Waals surface area contributed by atoms with Gasteiger partial charge in [-0.2, -0.15) is 4.39 Å². The number of anilines is 1. The van der Waals surface area contributed by atoms with Crippen molar-refractivity contribution < 1.29 is 9.18 Å². The molecule has 0 atom stereocenters. The Labute approximate surface area is 74.2 Å². The third-order valence-corrected chi connectivity index (χ3v) is 1.84. The minimum Gasteiger partial charge on any atom is -0.307 e. The van der Waals surface area contributed by atoms with E-state index in [-0.39, 0.29) is 17.6 Å². The molecule has 0 bridgehead atoms. The van der Waals surface area contributed by atoms with Gasteiger partial charge in [-0.3, -0.25) is 4.79 Å². The second-order valence-electron chi connectivity index (χ2n) is 2.96. The molecule has 1 amide bonds. The second kappa shape index (κ2) is 3.08. The fourth-order valence-corrected chi connectivity index (χ4v) is 0.969. The molecule has 0 radical (unpaired) electrons. The van der Waals surface area contributed by atoms with E-state index in [1.165, 1.54) is 12.4 Å². The molecule has 1 heterocycles. The Bertz CT molecular complexity index is 338. The lowest BCUT2D eigenvalue weighted by Gasteiger charge is -2.01. The molecule has 1 aromatic rings. The van der Waals surface area contributed by atoms with E-state index in [0.717, 1.165) is 12.8 Å². The average molecular weight is 181 g/mol. The molecule has 0 aromatic carbocycles. The Balaban J connectivity index is 2.08. The number of hydrogen-bond donors (Lipinski definition) is 1. The number of nitrogens with zero attached hydrogens (tertiary/aromatic N) is 2. The Morgan fingerprint density at radius 2 is 2.15 bits per heavy atom. The summed E-state index contributed by atoms with van der Waals surface area (Å²) in [5.41, 5.74) is 0. The highest BCUT2D eigenvalue weighted by Crippen LogP contribution is 2.29. The Morgan fingerprint density at radius 3 is 2.77 bits per heavy atom. The molecule has 0 saturated heterocycles. The standard InChI is InChI=1S/C8H8FN3O/c9-6-7(11-4-3-10-6)12-8(13)5-1-2-5/h3-5H,1-2H2,(H,11,12,13). The van der Waals surface area contributed by atoms with E-state index in [1.54, 1.807) is 0 Å². The molecule has 1 saturated carbocycles. The fraction of sp³-hybridized carbons (Fsp3) is 0.375. The first-order chi connectivity index (χ1) is 6.27. The van der Waals surface area contributed by atoms with Crippen LogP contribution in [0.4, 0.5) is 10.2 Å². The third kappa shape index (κ3) is 1.80. The SMILES string of the molecule is O=C(Nc1nccnc1F)C1CC1. The van der Waals surface area contributed by atoms with Crippen molar-refractivity contribution in [2.24, 2.45) is 5.92 Å². The van der Waals surface area contributed by atoms with Gasteiger partial charge < -0.3 is 5.32 Å². The van der Waals surface area contributed by atoms with Gasteiger partial charge in [-0.25, -0.2) is 9.97 Å². The van der Waals surface area contributed by atoms with Gasteiger partial charge in [0.05, 0.1) is 0 Å². The Morgan fingerprint density at radius 1 is 1.46 bits per heavy atom. The van der Waals surface area contributed by atoms with Crippen molar-refractivity contribution >= 4 is 11.7 Å². The maximum atomic E-state index is 12.8. The summed E-state index contributed by atoms with van der Waals surface area (Å²) in [6.45, 7) is 0. The Hall–Kier alpha value is -1.52. The first kappa shape index (κ1) is 8.10. The molecule has 2 rings (SSSR count). The van der Waals surface area contributed by atoms with Crippen LogP contribution >= 0.6 is 0 Å². The van der Waals surface area contributed by atoms with Crippen LogP contribution in [0, 0.1) is 11.9 Å². The summed E-state index contributed by atoms with van der Waals surface area (Å²) in [5, 5.41) is 2.38. The minimum absolute atomic E-state index is 0.0430. The molecule has 0 unspecified atom stereocenters. The molecule has 0 aliphatic heterocycles. The zero-order valence-electron chi connectivity index (χ0n) is 6.83. The number of carbonyl (C=O) groups is 1. The molecule has 0 spiro atoms. The third-order valence-electron chi connectivity index (χ3n) is 1.84. The van der Waals surface area contributed by atoms with E-state index in [1.807, 2.05) is 0 Å². The molecule has 1 aromatic heterocycles. The van der Waals surface area contributed by atoms with Gasteiger partial charge in [-0.15, -0.1) is 0 Å². The lowest BCUT2D eigenvalue weighted by Crippen LogP contribution is -2.15. The van der Waals surface area contributed by atoms with Gasteiger partial charge in [0, 0.05) is 18.3 Å². The topological polar surface area (TPSA) is 54.9 Å². The van der Waals surface area contributed by atoms with Gasteiger partial charge in [0.25, 0.3) is 5.95 Å². The van der Waals surface area contributed by atoms with Crippen LogP contribution < -0.4 is 5.32 Å². The molecule has 13 heavy (non-hydrogen) atoms. The molecule has 1 N–H and O–H groups in total. The van der Waals surface area contributed by atoms with Crippen molar-refractivity contribution in [3.63, 3.8) is 0 Å². The van der Waals surface area contributed by atoms with Crippen molar-refractivity contribution in [1.29, 1.82) is 0 Å². The van der Waals surface area contributed by atoms with E-state index in [0.29, 0.717) is 0 Å². The number of halogens is 1. The van der Waals surface area contributed by atoms with Gasteiger partial charge >= 0.3 is 0 Å². The number of hydrogen-bond acceptors (Lipinski definition) is 3. The van der Waals surface area contributed by atoms with Gasteiger partial charge in [-0.1, -0.05) is 0 Å². The monoisotopic (exact) mass is 181 g/mol. The average Bonchev–Trinajstić information content (AvgIpc) is 2.91. The van der Waals surface area contributed by atoms with Crippen LogP contribution in [-0.2, 0) is 4.79 Å². The largest absolute Gasteiger partial charge is 0.307 e. The molecular formula is C8H8FN3O. The quantitative estimate of drug-likeness (QED) is 0.739. The van der Waals surface area contributed by atoms with Gasteiger partial charge in [0.15, 0.2) is 5.82 Å². The molecule has 1 aliphatic rings. The van der Waals surface area contributed by atoms with E-state index >= 15 is 0 Å². The van der Waals surface area contributed by atoms with Crippen LogP contribution in [0.15, 0.2) is 12.4 Å². The molecule has 5 heteroatoms. The fourth-order valence-electron chi connectivity index (χ4n) is 0.969. The summed E-state index contributed by atoms with van der Waals surface area (Å²) in [5.74, 6) is -0.947. The van der Waals surface area contributed by atoms with Crippen molar-refractivity contribution in [3.8, 4) is 0 Å². The van der Waals surface area contributed by atoms with Crippen molar-refractivity contribution in [2.75, 3.05) is 5.32 Å². The van der Waals surface area contributed by atoms with Crippen LogP contribution in [0.1, 0.15) is 12.8 Å².